The smallest absolute Gasteiger partial charge is 0.227 e. The quantitative estimate of drug-likeness (QED) is 0.322. The molecule has 3 nitrogen and oxygen atoms in total. The van der Waals surface area contributed by atoms with E-state index in [4.69, 9.17) is 9.40 Å². The molecule has 5 rings (SSSR count). The van der Waals surface area contributed by atoms with Crippen LogP contribution in [0.2, 0.25) is 0 Å². The van der Waals surface area contributed by atoms with Gasteiger partial charge < -0.3 is 4.42 Å². The summed E-state index contributed by atoms with van der Waals surface area (Å²) >= 11 is 0. The molecule has 0 fully saturated rings. The highest BCUT2D eigenvalue weighted by Gasteiger charge is 2.17. The van der Waals surface area contributed by atoms with E-state index in [1.165, 1.54) is 11.1 Å². The lowest BCUT2D eigenvalue weighted by molar-refractivity contribution is 0.650. The molecule has 1 unspecified atom stereocenters. The number of hydrogen-bond acceptors (Lipinski definition) is 3. The van der Waals surface area contributed by atoms with E-state index in [2.05, 4.69) is 92.5 Å². The van der Waals surface area contributed by atoms with E-state index in [9.17, 15) is 0 Å². The summed E-state index contributed by atoms with van der Waals surface area (Å²) in [6, 6.07) is 25.2. The van der Waals surface area contributed by atoms with Crippen molar-refractivity contribution >= 4 is 22.1 Å². The Hall–Kier alpha value is -3.46. The molecule has 0 aliphatic rings. The average Bonchev–Trinajstić information content (AvgIpc) is 3.17. The van der Waals surface area contributed by atoms with Gasteiger partial charge in [-0.1, -0.05) is 63.2 Å². The van der Waals surface area contributed by atoms with Crippen LogP contribution in [0.3, 0.4) is 0 Å². The van der Waals surface area contributed by atoms with Crippen LogP contribution in [0.15, 0.2) is 83.4 Å². The van der Waals surface area contributed by atoms with Crippen molar-refractivity contribution in [3.63, 3.8) is 0 Å². The topological polar surface area (TPSA) is 38.9 Å². The molecule has 0 radical (unpaired) electrons. The maximum atomic E-state index is 6.31. The molecule has 2 aromatic carbocycles. The molecule has 0 saturated heterocycles. The second kappa shape index (κ2) is 7.42. The van der Waals surface area contributed by atoms with E-state index < -0.39 is 0 Å². The summed E-state index contributed by atoms with van der Waals surface area (Å²) < 4.78 is 6.31. The maximum absolute atomic E-state index is 6.31. The van der Waals surface area contributed by atoms with E-state index in [0.717, 1.165) is 33.3 Å². The Labute approximate surface area is 176 Å². The molecule has 0 spiro atoms. The minimum Gasteiger partial charge on any atom is -0.437 e. The number of nitrogens with zero attached hydrogens (tertiary/aromatic N) is 2. The van der Waals surface area contributed by atoms with Gasteiger partial charge in [0.1, 0.15) is 5.58 Å². The number of pyridine rings is 2. The van der Waals surface area contributed by atoms with Crippen LogP contribution in [0.25, 0.3) is 33.3 Å². The lowest BCUT2D eigenvalue weighted by atomic mass is 9.97. The first-order valence-corrected chi connectivity index (χ1v) is 10.5. The maximum Gasteiger partial charge on any atom is 0.227 e. The van der Waals surface area contributed by atoms with Gasteiger partial charge in [0.05, 0.1) is 11.4 Å². The molecule has 3 heteroatoms. The van der Waals surface area contributed by atoms with Gasteiger partial charge in [0.15, 0.2) is 0 Å². The molecule has 0 N–H and O–H groups in total. The van der Waals surface area contributed by atoms with E-state index in [-0.39, 0.29) is 5.92 Å². The van der Waals surface area contributed by atoms with Crippen LogP contribution in [0.4, 0.5) is 0 Å². The Morgan fingerprint density at radius 3 is 2.40 bits per heavy atom. The first kappa shape index (κ1) is 18.6. The van der Waals surface area contributed by atoms with Crippen LogP contribution in [0.1, 0.15) is 49.4 Å². The van der Waals surface area contributed by atoms with Gasteiger partial charge in [-0.15, -0.1) is 0 Å². The lowest BCUT2D eigenvalue weighted by Gasteiger charge is -2.10. The van der Waals surface area contributed by atoms with Gasteiger partial charge in [-0.3, -0.25) is 4.98 Å². The van der Waals surface area contributed by atoms with Crippen molar-refractivity contribution in [2.24, 2.45) is 0 Å². The third-order valence-electron chi connectivity index (χ3n) is 5.86. The minimum atomic E-state index is 0.202. The highest BCUT2D eigenvalue weighted by atomic mass is 16.3. The van der Waals surface area contributed by atoms with Crippen LogP contribution in [-0.4, -0.2) is 9.97 Å². The monoisotopic (exact) mass is 392 g/mol. The highest BCUT2D eigenvalue weighted by molar-refractivity contribution is 6.08. The van der Waals surface area contributed by atoms with Crippen LogP contribution >= 0.6 is 0 Å². The molecule has 5 aromatic rings. The molecule has 30 heavy (non-hydrogen) atoms. The Morgan fingerprint density at radius 2 is 1.60 bits per heavy atom. The summed E-state index contributed by atoms with van der Waals surface area (Å²) in [7, 11) is 0. The van der Waals surface area contributed by atoms with E-state index in [0.29, 0.717) is 11.6 Å². The molecule has 0 bridgehead atoms. The summed E-state index contributed by atoms with van der Waals surface area (Å²) in [4.78, 5) is 9.50. The zero-order valence-corrected chi connectivity index (χ0v) is 17.5. The third-order valence-corrected chi connectivity index (χ3v) is 5.86. The minimum absolute atomic E-state index is 0.202. The van der Waals surface area contributed by atoms with Crippen LogP contribution in [0.5, 0.6) is 0 Å². The zero-order chi connectivity index (χ0) is 20.7. The molecule has 148 valence electrons. The number of rotatable bonds is 4. The van der Waals surface area contributed by atoms with Gasteiger partial charge in [0.2, 0.25) is 5.71 Å². The van der Waals surface area contributed by atoms with Crippen LogP contribution in [0, 0.1) is 0 Å². The summed E-state index contributed by atoms with van der Waals surface area (Å²) in [6.07, 6.45) is 1.88. The Morgan fingerprint density at radius 1 is 0.767 bits per heavy atom. The molecule has 0 amide bonds. The fraction of sp³-hybridized carbons (Fsp3) is 0.185. The molecule has 3 heterocycles. The standard InChI is InChI=1S/C27H24N2O/c1-17(2)20-14-15-28-25(16-20)23-11-7-10-21-22-12-13-24(29-27(22)30-26(21)23)18(3)19-8-5-4-6-9-19/h4-18H,1-3H3. The lowest BCUT2D eigenvalue weighted by Crippen LogP contribution is -1.98. The average molecular weight is 393 g/mol. The van der Waals surface area contributed by atoms with Crippen LogP contribution in [-0.2, 0) is 0 Å². The van der Waals surface area contributed by atoms with Gasteiger partial charge in [-0.05, 0) is 47.4 Å². The largest absolute Gasteiger partial charge is 0.437 e. The number of benzene rings is 2. The fourth-order valence-electron chi connectivity index (χ4n) is 4.00. The number of hydrogen-bond donors (Lipinski definition) is 0. The second-order valence-corrected chi connectivity index (χ2v) is 8.13. The van der Waals surface area contributed by atoms with Crippen molar-refractivity contribution < 1.29 is 4.42 Å². The molecular formula is C27H24N2O. The normalized spacial score (nSPS) is 12.7. The van der Waals surface area contributed by atoms with E-state index >= 15 is 0 Å². The highest BCUT2D eigenvalue weighted by Crippen LogP contribution is 2.36. The van der Waals surface area contributed by atoms with Gasteiger partial charge >= 0.3 is 0 Å². The Kier molecular flexibility index (Phi) is 4.59. The Bertz CT molecular complexity index is 1340. The van der Waals surface area contributed by atoms with Crippen molar-refractivity contribution in [3.8, 4) is 11.3 Å². The first-order valence-electron chi connectivity index (χ1n) is 10.5. The fourth-order valence-corrected chi connectivity index (χ4v) is 4.00. The summed E-state index contributed by atoms with van der Waals surface area (Å²) in [5.74, 6) is 0.651. The predicted octanol–water partition coefficient (Wildman–Crippen LogP) is 7.32. The molecular weight excluding hydrogens is 368 g/mol. The molecule has 0 saturated carbocycles. The van der Waals surface area contributed by atoms with Crippen molar-refractivity contribution in [2.45, 2.75) is 32.6 Å². The van der Waals surface area contributed by atoms with Gasteiger partial charge in [0, 0.05) is 28.5 Å². The van der Waals surface area contributed by atoms with Crippen LogP contribution < -0.4 is 0 Å². The zero-order valence-electron chi connectivity index (χ0n) is 17.5. The second-order valence-electron chi connectivity index (χ2n) is 8.13. The van der Waals surface area contributed by atoms with E-state index in [1.807, 2.05) is 12.3 Å². The van der Waals surface area contributed by atoms with E-state index in [1.54, 1.807) is 0 Å². The summed E-state index contributed by atoms with van der Waals surface area (Å²) in [5.41, 5.74) is 6.99. The summed E-state index contributed by atoms with van der Waals surface area (Å²) in [6.45, 7) is 6.57. The first-order chi connectivity index (χ1) is 14.6. The van der Waals surface area contributed by atoms with Crippen molar-refractivity contribution in [1.82, 2.24) is 9.97 Å². The molecule has 3 aromatic heterocycles. The SMILES string of the molecule is CC(C)c1ccnc(-c2cccc3c2oc2nc(C(C)c4ccccc4)ccc23)c1. The molecule has 0 aliphatic carbocycles. The third kappa shape index (κ3) is 3.17. The van der Waals surface area contributed by atoms with Gasteiger partial charge in [-0.2, -0.15) is 0 Å². The number of para-hydroxylation sites is 1. The molecule has 0 aliphatic heterocycles. The van der Waals surface area contributed by atoms with Crippen molar-refractivity contribution in [1.29, 1.82) is 0 Å². The number of furan rings is 1. The van der Waals surface area contributed by atoms with Gasteiger partial charge in [0.25, 0.3) is 0 Å². The molecule has 1 atom stereocenters. The predicted molar refractivity (Wildman–Crippen MR) is 123 cm³/mol. The number of fused-ring (bicyclic) bond motifs is 3. The van der Waals surface area contributed by atoms with Gasteiger partial charge in [-0.25, -0.2) is 4.98 Å². The van der Waals surface area contributed by atoms with Crippen molar-refractivity contribution in [3.05, 3.63) is 95.8 Å². The van der Waals surface area contributed by atoms with Crippen molar-refractivity contribution in [2.75, 3.05) is 0 Å². The summed E-state index contributed by atoms with van der Waals surface area (Å²) in [5, 5.41) is 2.11. The Balaban J connectivity index is 1.64. The number of aromatic nitrogens is 2.